The Balaban J connectivity index is 2.93. The van der Waals surface area contributed by atoms with E-state index in [-0.39, 0.29) is 0 Å². The summed E-state index contributed by atoms with van der Waals surface area (Å²) in [5, 5.41) is 30.1. The Morgan fingerprint density at radius 1 is 1.31 bits per heavy atom. The Morgan fingerprint density at radius 2 is 1.88 bits per heavy atom. The van der Waals surface area contributed by atoms with Gasteiger partial charge in [0.05, 0.1) is 25.5 Å². The fourth-order valence-corrected chi connectivity index (χ4v) is 1.43. The van der Waals surface area contributed by atoms with Crippen LogP contribution < -0.4 is 11.1 Å². The number of aliphatic hydroxyl groups excluding tert-OH is 3. The van der Waals surface area contributed by atoms with E-state index in [9.17, 15) is 0 Å². The van der Waals surface area contributed by atoms with Crippen LogP contribution in [0.1, 0.15) is 0 Å². The van der Waals surface area contributed by atoms with E-state index in [0.29, 0.717) is 11.5 Å². The van der Waals surface area contributed by atoms with E-state index in [4.69, 9.17) is 21.1 Å². The van der Waals surface area contributed by atoms with Crippen LogP contribution in [0, 0.1) is 0 Å². The average molecular weight is 292 g/mol. The summed E-state index contributed by atoms with van der Waals surface area (Å²) in [5.74, 6) is 0.306. The molecule has 0 aliphatic heterocycles. The monoisotopic (exact) mass is 291 g/mol. The number of anilines is 2. The summed E-state index contributed by atoms with van der Waals surface area (Å²) in [4.78, 5) is 3.99. The van der Waals surface area contributed by atoms with Crippen molar-refractivity contribution in [3.05, 3.63) is 16.7 Å². The minimum Gasteiger partial charge on any atom is -0.396 e. The predicted molar refractivity (Wildman–Crippen MR) is 64.0 cm³/mol. The van der Waals surface area contributed by atoms with E-state index < -0.39 is 25.4 Å². The number of halogens is 1. The summed E-state index contributed by atoms with van der Waals surface area (Å²) in [6.07, 6.45) is 1.52. The van der Waals surface area contributed by atoms with Crippen LogP contribution in [0.15, 0.2) is 16.7 Å². The number of aliphatic hydroxyl groups is 3. The summed E-state index contributed by atoms with van der Waals surface area (Å²) >= 11 is 3.21. The van der Waals surface area contributed by atoms with Crippen molar-refractivity contribution in [3.8, 4) is 0 Å². The van der Waals surface area contributed by atoms with Crippen molar-refractivity contribution in [2.24, 2.45) is 0 Å². The molecule has 0 saturated carbocycles. The highest BCUT2D eigenvalue weighted by atomic mass is 79.9. The highest BCUT2D eigenvalue weighted by Crippen LogP contribution is 2.22. The second-order valence-electron chi connectivity index (χ2n) is 3.47. The first-order valence-corrected chi connectivity index (χ1v) is 5.38. The molecule has 0 amide bonds. The molecule has 6 nitrogen and oxygen atoms in total. The fourth-order valence-electron chi connectivity index (χ4n) is 1.08. The molecule has 0 bridgehead atoms. The van der Waals surface area contributed by atoms with Crippen LogP contribution in [0.5, 0.6) is 0 Å². The van der Waals surface area contributed by atoms with Crippen LogP contribution >= 0.6 is 15.9 Å². The van der Waals surface area contributed by atoms with Crippen molar-refractivity contribution >= 4 is 27.4 Å². The van der Waals surface area contributed by atoms with Crippen molar-refractivity contribution in [1.82, 2.24) is 4.98 Å². The van der Waals surface area contributed by atoms with Crippen molar-refractivity contribution in [2.75, 3.05) is 30.9 Å². The third-order valence-corrected chi connectivity index (χ3v) is 2.61. The number of nitrogens with two attached hydrogens (primary N) is 1. The van der Waals surface area contributed by atoms with Gasteiger partial charge in [0.15, 0.2) is 0 Å². The molecule has 6 N–H and O–H groups in total. The van der Waals surface area contributed by atoms with Crippen molar-refractivity contribution in [1.29, 1.82) is 0 Å². The van der Waals surface area contributed by atoms with Gasteiger partial charge in [0.1, 0.15) is 11.4 Å². The van der Waals surface area contributed by atoms with Gasteiger partial charge < -0.3 is 26.4 Å². The zero-order chi connectivity index (χ0) is 12.2. The summed E-state index contributed by atoms with van der Waals surface area (Å²) in [6.45, 7) is -1.30. The smallest absolute Gasteiger partial charge is 0.149 e. The zero-order valence-electron chi connectivity index (χ0n) is 8.52. The first kappa shape index (κ1) is 13.2. The Hall–Kier alpha value is -0.890. The quantitative estimate of drug-likeness (QED) is 0.503. The Bertz CT molecular complexity index is 350. The first-order valence-electron chi connectivity index (χ1n) is 4.58. The normalized spacial score (nSPS) is 11.5. The number of pyridine rings is 1. The van der Waals surface area contributed by atoms with Crippen LogP contribution in [-0.2, 0) is 0 Å². The van der Waals surface area contributed by atoms with E-state index in [2.05, 4.69) is 26.2 Å². The van der Waals surface area contributed by atoms with Crippen molar-refractivity contribution in [2.45, 2.75) is 5.54 Å². The third kappa shape index (κ3) is 2.82. The second-order valence-corrected chi connectivity index (χ2v) is 4.39. The number of hydrogen-bond donors (Lipinski definition) is 5. The predicted octanol–water partition coefficient (Wildman–Crippen LogP) is -0.446. The lowest BCUT2D eigenvalue weighted by molar-refractivity contribution is 0.0831. The van der Waals surface area contributed by atoms with Gasteiger partial charge in [-0.1, -0.05) is 0 Å². The lowest BCUT2D eigenvalue weighted by Crippen LogP contribution is -2.49. The maximum absolute atomic E-state index is 9.12. The molecular weight excluding hydrogens is 278 g/mol. The van der Waals surface area contributed by atoms with Crippen LogP contribution in [0.4, 0.5) is 11.5 Å². The molecule has 16 heavy (non-hydrogen) atoms. The SMILES string of the molecule is Nc1cc(Br)cnc1NC(CO)(CO)CO. The zero-order valence-corrected chi connectivity index (χ0v) is 10.1. The summed E-state index contributed by atoms with van der Waals surface area (Å²) < 4.78 is 0.721. The largest absolute Gasteiger partial charge is 0.396 e. The van der Waals surface area contributed by atoms with Gasteiger partial charge in [-0.15, -0.1) is 0 Å². The molecule has 90 valence electrons. The van der Waals surface area contributed by atoms with Gasteiger partial charge in [-0.3, -0.25) is 0 Å². The van der Waals surface area contributed by atoms with Gasteiger partial charge in [-0.25, -0.2) is 4.98 Å². The number of nitrogen functional groups attached to an aromatic ring is 1. The Morgan fingerprint density at radius 3 is 2.31 bits per heavy atom. The number of nitrogens with one attached hydrogen (secondary N) is 1. The van der Waals surface area contributed by atoms with E-state index in [1.807, 2.05) is 0 Å². The van der Waals surface area contributed by atoms with Crippen molar-refractivity contribution in [3.63, 3.8) is 0 Å². The van der Waals surface area contributed by atoms with Gasteiger partial charge in [-0.2, -0.15) is 0 Å². The molecule has 1 rings (SSSR count). The molecule has 0 radical (unpaired) electrons. The van der Waals surface area contributed by atoms with Gasteiger partial charge in [0.25, 0.3) is 0 Å². The molecular formula is C9H14BrN3O3. The van der Waals surface area contributed by atoms with E-state index in [1.54, 1.807) is 6.07 Å². The second kappa shape index (κ2) is 5.44. The molecule has 0 fully saturated rings. The summed E-state index contributed by atoms with van der Waals surface area (Å²) in [6, 6.07) is 1.63. The number of aromatic nitrogens is 1. The molecule has 0 aromatic carbocycles. The van der Waals surface area contributed by atoms with E-state index >= 15 is 0 Å². The minimum atomic E-state index is -1.23. The molecule has 0 unspecified atom stereocenters. The molecule has 1 aromatic rings. The molecule has 7 heteroatoms. The van der Waals surface area contributed by atoms with Crippen LogP contribution in [0.2, 0.25) is 0 Å². The Labute approximate surface area is 101 Å². The maximum atomic E-state index is 9.12. The molecule has 0 atom stereocenters. The van der Waals surface area contributed by atoms with Crippen molar-refractivity contribution < 1.29 is 15.3 Å². The standard InChI is InChI=1S/C9H14BrN3O3/c10-6-1-7(11)8(12-2-6)13-9(3-14,4-15)5-16/h1-2,14-16H,3-5,11H2,(H,12,13). The summed E-state index contributed by atoms with van der Waals surface area (Å²) in [5.41, 5.74) is 4.82. The molecule has 0 spiro atoms. The van der Waals surface area contributed by atoms with Crippen LogP contribution in [0.3, 0.4) is 0 Å². The van der Waals surface area contributed by atoms with E-state index in [0.717, 1.165) is 4.47 Å². The average Bonchev–Trinajstić information content (AvgIpc) is 2.29. The molecule has 0 aliphatic carbocycles. The molecule has 1 heterocycles. The molecule has 0 aliphatic rings. The maximum Gasteiger partial charge on any atom is 0.149 e. The third-order valence-electron chi connectivity index (χ3n) is 2.18. The number of rotatable bonds is 5. The molecule has 1 aromatic heterocycles. The molecule has 0 saturated heterocycles. The van der Waals surface area contributed by atoms with Crippen LogP contribution in [-0.4, -0.2) is 45.7 Å². The Kier molecular flexibility index (Phi) is 4.48. The van der Waals surface area contributed by atoms with Crippen LogP contribution in [0.25, 0.3) is 0 Å². The van der Waals surface area contributed by atoms with Gasteiger partial charge in [0, 0.05) is 10.7 Å². The topological polar surface area (TPSA) is 112 Å². The highest BCUT2D eigenvalue weighted by molar-refractivity contribution is 9.10. The lowest BCUT2D eigenvalue weighted by atomic mass is 10.0. The fraction of sp³-hybridized carbons (Fsp3) is 0.444. The van der Waals surface area contributed by atoms with Gasteiger partial charge >= 0.3 is 0 Å². The number of nitrogens with zero attached hydrogens (tertiary/aromatic N) is 1. The van der Waals surface area contributed by atoms with E-state index in [1.165, 1.54) is 6.20 Å². The number of hydrogen-bond acceptors (Lipinski definition) is 6. The lowest BCUT2D eigenvalue weighted by Gasteiger charge is -2.29. The minimum absolute atomic E-state index is 0.306. The summed E-state index contributed by atoms with van der Waals surface area (Å²) in [7, 11) is 0. The first-order chi connectivity index (χ1) is 7.56. The highest BCUT2D eigenvalue weighted by Gasteiger charge is 2.28. The van der Waals surface area contributed by atoms with Gasteiger partial charge in [0.2, 0.25) is 0 Å². The van der Waals surface area contributed by atoms with Gasteiger partial charge in [-0.05, 0) is 22.0 Å².